The van der Waals surface area contributed by atoms with E-state index in [0.29, 0.717) is 0 Å². The number of rotatable bonds is 0. The first-order valence-corrected chi connectivity index (χ1v) is 24.5. The molecule has 453 valence electrons. The SMILES string of the molecule is CC(=O)[O-].CC(=O)[O-].CC(=O)[O-].CC(=O)[O-].F[P-](F)(F)(F)(F)F.F[P-](F)(F)(F)(F)F.[Co+2].[Co+2].[Co+2].c1ccncc1.c1ccncc1.c1ccncc1.c1ccncc1.c1ccncc1.c1ccncc1.c1ccncc1.c1ccncc1. The molecule has 8 aromatic rings. The number of carboxylic acid groups (broad SMARTS) is 4. The van der Waals surface area contributed by atoms with E-state index in [1.807, 2.05) is 146 Å². The van der Waals surface area contributed by atoms with Crippen molar-refractivity contribution in [3.05, 3.63) is 245 Å². The first kappa shape index (κ1) is 93.0. The summed E-state index contributed by atoms with van der Waals surface area (Å²) in [6, 6.07) is 45.7. The van der Waals surface area contributed by atoms with E-state index in [2.05, 4.69) is 39.9 Å². The van der Waals surface area contributed by atoms with E-state index < -0.39 is 39.5 Å². The third-order valence-electron chi connectivity index (χ3n) is 4.53. The average Bonchev–Trinajstić information content (AvgIpc) is 3.37. The van der Waals surface area contributed by atoms with E-state index in [4.69, 9.17) is 39.6 Å². The minimum atomic E-state index is -10.7. The van der Waals surface area contributed by atoms with Crippen molar-refractivity contribution in [3.63, 3.8) is 0 Å². The number of pyridine rings is 8. The Morgan fingerprint density at radius 3 is 0.284 bits per heavy atom. The molecule has 0 aliphatic rings. The zero-order chi connectivity index (χ0) is 61.1. The van der Waals surface area contributed by atoms with Crippen LogP contribution in [0.3, 0.4) is 0 Å². The van der Waals surface area contributed by atoms with Gasteiger partial charge in [-0.15, -0.1) is 0 Å². The Morgan fingerprint density at radius 2 is 0.272 bits per heavy atom. The molecule has 0 saturated carbocycles. The van der Waals surface area contributed by atoms with E-state index in [1.54, 1.807) is 99.1 Å². The summed E-state index contributed by atoms with van der Waals surface area (Å²) in [6.07, 6.45) is 28.0. The second kappa shape index (κ2) is 54.6. The van der Waals surface area contributed by atoms with Crippen LogP contribution in [0.4, 0.5) is 50.4 Å². The Kier molecular flexibility index (Phi) is 62.6. The Labute approximate surface area is 489 Å². The van der Waals surface area contributed by atoms with E-state index in [0.717, 1.165) is 27.7 Å². The van der Waals surface area contributed by atoms with Crippen molar-refractivity contribution in [1.29, 1.82) is 0 Å². The fourth-order valence-electron chi connectivity index (χ4n) is 2.50. The average molecular weight is 1340 g/mol. The van der Waals surface area contributed by atoms with Gasteiger partial charge in [0.25, 0.3) is 0 Å². The van der Waals surface area contributed by atoms with Crippen molar-refractivity contribution in [1.82, 2.24) is 39.9 Å². The second-order valence-corrected chi connectivity index (χ2v) is 15.9. The monoisotopic (exact) mass is 1340 g/mol. The number of carbonyl (C=O) groups is 4. The number of carbonyl (C=O) groups excluding carboxylic acids is 4. The van der Waals surface area contributed by atoms with Crippen molar-refractivity contribution < 1.29 is 140 Å². The van der Waals surface area contributed by atoms with E-state index in [9.17, 15) is 50.4 Å². The number of carboxylic acids is 4. The van der Waals surface area contributed by atoms with Crippen LogP contribution in [-0.2, 0) is 69.5 Å². The molecule has 33 heteroatoms. The molecule has 0 amide bonds. The van der Waals surface area contributed by atoms with Gasteiger partial charge in [-0.1, -0.05) is 48.5 Å². The standard InChI is InChI=1S/8C5H5N.4C2H4O2.3Co.2F6P/c8*1-2-4-6-5-3-1;4*1-2(3)4;;;;2*1-7(2,3,4,5)6/h8*1-5H;4*1H3,(H,3,4);;;;;/q;;;;;;;;;;;;3*+2;2*-1/p-4. The minimum Gasteiger partial charge on any atom is -0.265 e. The van der Waals surface area contributed by atoms with Crippen LogP contribution in [-0.4, -0.2) is 63.7 Å². The second-order valence-electron chi connectivity index (χ2n) is 12.1. The largest absolute Gasteiger partial charge is 2.00 e. The summed E-state index contributed by atoms with van der Waals surface area (Å²) in [6.45, 7) is 3.89. The number of halogens is 12. The van der Waals surface area contributed by atoms with Gasteiger partial charge in [-0.25, -0.2) is 0 Å². The van der Waals surface area contributed by atoms with Crippen molar-refractivity contribution in [2.45, 2.75) is 27.7 Å². The first-order chi connectivity index (χ1) is 35.8. The molecule has 8 heterocycles. The predicted octanol–water partition coefficient (Wildman–Crippen LogP) is 10.4. The summed E-state index contributed by atoms with van der Waals surface area (Å²) in [4.78, 5) is 65.8. The molecular weight excluding hydrogens is 1280 g/mol. The Balaban J connectivity index is -0.0000000985. The van der Waals surface area contributed by atoms with E-state index in [-0.39, 0.29) is 50.3 Å². The molecule has 0 unspecified atom stereocenters. The predicted molar refractivity (Wildman–Crippen MR) is 264 cm³/mol. The first-order valence-electron chi connectivity index (χ1n) is 20.5. The molecule has 16 nitrogen and oxygen atoms in total. The smallest absolute Gasteiger partial charge is 0.265 e. The van der Waals surface area contributed by atoms with E-state index in [1.165, 1.54) is 0 Å². The minimum absolute atomic E-state index is 0. The van der Waals surface area contributed by atoms with E-state index >= 15 is 0 Å². The van der Waals surface area contributed by atoms with Crippen molar-refractivity contribution in [3.8, 4) is 0 Å². The molecule has 8 aromatic heterocycles. The van der Waals surface area contributed by atoms with Gasteiger partial charge in [0.05, 0.1) is 0 Å². The van der Waals surface area contributed by atoms with Gasteiger partial charge in [0.1, 0.15) is 0 Å². The van der Waals surface area contributed by atoms with Gasteiger partial charge in [0, 0.05) is 123 Å². The number of aliphatic carboxylic acids is 4. The molecule has 8 rings (SSSR count). The van der Waals surface area contributed by atoms with Crippen LogP contribution in [0, 0.1) is 0 Å². The molecule has 0 aromatic carbocycles. The summed E-state index contributed by atoms with van der Waals surface area (Å²) >= 11 is 0. The molecule has 81 heavy (non-hydrogen) atoms. The summed E-state index contributed by atoms with van der Waals surface area (Å²) < 4.78 is 118. The normalized spacial score (nSPS) is 9.98. The number of hydrogen-bond donors (Lipinski definition) is 0. The summed E-state index contributed by atoms with van der Waals surface area (Å²) in [7, 11) is -21.3. The van der Waals surface area contributed by atoms with Crippen LogP contribution >= 0.6 is 15.6 Å². The van der Waals surface area contributed by atoms with Gasteiger partial charge in [-0.2, -0.15) is 0 Å². The van der Waals surface area contributed by atoms with Crippen molar-refractivity contribution >= 4 is 39.5 Å². The zero-order valence-corrected chi connectivity index (χ0v) is 47.3. The van der Waals surface area contributed by atoms with Crippen LogP contribution in [0.5, 0.6) is 0 Å². The van der Waals surface area contributed by atoms with Gasteiger partial charge >= 0.3 is 116 Å². The third kappa shape index (κ3) is 219. The zero-order valence-electron chi connectivity index (χ0n) is 42.4. The fourth-order valence-corrected chi connectivity index (χ4v) is 2.50. The molecule has 0 spiro atoms. The van der Waals surface area contributed by atoms with Crippen LogP contribution in [0.2, 0.25) is 0 Å². The maximum absolute atomic E-state index is 10.7. The molecule has 3 radical (unpaired) electrons. The molecule has 0 fully saturated rings. The molecule has 0 atom stereocenters. The maximum Gasteiger partial charge on any atom is 2.00 e. The van der Waals surface area contributed by atoms with Gasteiger partial charge in [-0.3, -0.25) is 39.9 Å². The molecule has 0 aliphatic carbocycles. The van der Waals surface area contributed by atoms with Crippen LogP contribution < -0.4 is 20.4 Å². The summed E-state index contributed by atoms with van der Waals surface area (Å²) in [5, 5.41) is 35.6. The fraction of sp³-hybridized carbons (Fsp3) is 0.0833. The topological polar surface area (TPSA) is 264 Å². The number of nitrogens with zero attached hydrogens (tertiary/aromatic N) is 8. The van der Waals surface area contributed by atoms with Crippen LogP contribution in [0.15, 0.2) is 245 Å². The third-order valence-corrected chi connectivity index (χ3v) is 4.53. The summed E-state index contributed by atoms with van der Waals surface area (Å²) in [5.74, 6) is -4.33. The molecule has 0 saturated heterocycles. The number of hydrogen-bond acceptors (Lipinski definition) is 16. The molecule has 0 bridgehead atoms. The maximum atomic E-state index is 9.87. The van der Waals surface area contributed by atoms with Crippen LogP contribution in [0.1, 0.15) is 27.7 Å². The molecule has 0 N–H and O–H groups in total. The Hall–Kier alpha value is -7.38. The Morgan fingerprint density at radius 1 is 0.222 bits per heavy atom. The van der Waals surface area contributed by atoms with Crippen molar-refractivity contribution in [2.24, 2.45) is 0 Å². The van der Waals surface area contributed by atoms with Crippen molar-refractivity contribution in [2.75, 3.05) is 0 Å². The van der Waals surface area contributed by atoms with Gasteiger partial charge in [-0.05, 0) is 125 Å². The quantitative estimate of drug-likeness (QED) is 0.101. The van der Waals surface area contributed by atoms with Gasteiger partial charge in [0.15, 0.2) is 0 Å². The molecule has 0 aliphatic heterocycles. The van der Waals surface area contributed by atoms with Gasteiger partial charge < -0.3 is 39.6 Å². The van der Waals surface area contributed by atoms with Crippen LogP contribution in [0.25, 0.3) is 0 Å². The Bertz CT molecular complexity index is 1810. The van der Waals surface area contributed by atoms with Gasteiger partial charge in [0.2, 0.25) is 0 Å². The molecular formula is C48H52Co3F12N8O8P2. The number of aromatic nitrogens is 8. The summed E-state index contributed by atoms with van der Waals surface area (Å²) in [5.41, 5.74) is 0.